The predicted octanol–water partition coefficient (Wildman–Crippen LogP) is 4.13. The molecule has 156 valence electrons. The van der Waals surface area contributed by atoms with E-state index in [1.165, 1.54) is 12.3 Å². The molecule has 0 unspecified atom stereocenters. The van der Waals surface area contributed by atoms with E-state index in [1.807, 2.05) is 24.3 Å². The smallest absolute Gasteiger partial charge is 0.331 e. The lowest BCUT2D eigenvalue weighted by Gasteiger charge is -2.25. The quantitative estimate of drug-likeness (QED) is 0.296. The minimum absolute atomic E-state index is 0.0619. The van der Waals surface area contributed by atoms with Crippen LogP contribution < -0.4 is 10.1 Å². The minimum atomic E-state index is -0.775. The van der Waals surface area contributed by atoms with Crippen molar-refractivity contribution in [2.24, 2.45) is 0 Å². The van der Waals surface area contributed by atoms with Crippen molar-refractivity contribution in [2.45, 2.75) is 13.2 Å². The van der Waals surface area contributed by atoms with E-state index >= 15 is 0 Å². The van der Waals surface area contributed by atoms with Gasteiger partial charge in [-0.05, 0) is 76.2 Å². The summed E-state index contributed by atoms with van der Waals surface area (Å²) in [5.41, 5.74) is 1.56. The molecule has 4 rings (SSSR count). The summed E-state index contributed by atoms with van der Waals surface area (Å²) in [4.78, 5) is 38.0. The molecule has 0 aliphatic carbocycles. The molecule has 1 aliphatic rings. The first-order valence-corrected chi connectivity index (χ1v) is 10.5. The molecule has 7 nitrogen and oxygen atoms in total. The SMILES string of the molecule is O=C1NC(=O)N(Cc2ccco2)C(=O)/C1=C/c1ccc(OCc2ccc(I)cc2)cc1. The molecule has 0 atom stereocenters. The number of amides is 4. The molecule has 8 heteroatoms. The Morgan fingerprint density at radius 3 is 2.42 bits per heavy atom. The molecule has 1 saturated heterocycles. The maximum atomic E-state index is 12.7. The average Bonchev–Trinajstić information content (AvgIpc) is 3.28. The van der Waals surface area contributed by atoms with E-state index in [-0.39, 0.29) is 12.1 Å². The Kier molecular flexibility index (Phi) is 6.17. The summed E-state index contributed by atoms with van der Waals surface area (Å²) in [5.74, 6) is -0.310. The van der Waals surface area contributed by atoms with Gasteiger partial charge < -0.3 is 9.15 Å². The van der Waals surface area contributed by atoms with E-state index in [0.717, 1.165) is 14.0 Å². The first kappa shape index (κ1) is 20.9. The highest BCUT2D eigenvalue weighted by molar-refractivity contribution is 14.1. The normalized spacial score (nSPS) is 15.3. The van der Waals surface area contributed by atoms with Gasteiger partial charge >= 0.3 is 6.03 Å². The van der Waals surface area contributed by atoms with Crippen molar-refractivity contribution in [2.75, 3.05) is 0 Å². The van der Waals surface area contributed by atoms with Crippen molar-refractivity contribution in [1.82, 2.24) is 10.2 Å². The monoisotopic (exact) mass is 528 g/mol. The molecule has 1 aromatic heterocycles. The molecule has 2 aromatic carbocycles. The van der Waals surface area contributed by atoms with Crippen LogP contribution in [0.1, 0.15) is 16.9 Å². The van der Waals surface area contributed by atoms with Gasteiger partial charge in [-0.1, -0.05) is 24.3 Å². The Labute approximate surface area is 191 Å². The van der Waals surface area contributed by atoms with Crippen molar-refractivity contribution in [3.05, 3.63) is 93.0 Å². The van der Waals surface area contributed by atoms with E-state index in [1.54, 1.807) is 36.4 Å². The van der Waals surface area contributed by atoms with Gasteiger partial charge in [-0.25, -0.2) is 4.79 Å². The van der Waals surface area contributed by atoms with Gasteiger partial charge in [-0.3, -0.25) is 19.8 Å². The maximum Gasteiger partial charge on any atom is 0.331 e. The summed E-state index contributed by atoms with van der Waals surface area (Å²) in [6.07, 6.45) is 2.90. The summed E-state index contributed by atoms with van der Waals surface area (Å²) in [5, 5.41) is 2.19. The molecule has 4 amide bonds. The molecule has 1 N–H and O–H groups in total. The summed E-state index contributed by atoms with van der Waals surface area (Å²) in [7, 11) is 0. The van der Waals surface area contributed by atoms with Crippen LogP contribution in [0.3, 0.4) is 0 Å². The van der Waals surface area contributed by atoms with E-state index in [0.29, 0.717) is 23.7 Å². The Bertz CT molecular complexity index is 1140. The van der Waals surface area contributed by atoms with Gasteiger partial charge in [0.1, 0.15) is 23.7 Å². The number of nitrogens with one attached hydrogen (secondary N) is 1. The molecule has 0 bridgehead atoms. The van der Waals surface area contributed by atoms with Gasteiger partial charge in [0, 0.05) is 3.57 Å². The van der Waals surface area contributed by atoms with E-state index in [2.05, 4.69) is 27.9 Å². The van der Waals surface area contributed by atoms with Crippen LogP contribution in [0.4, 0.5) is 4.79 Å². The molecular formula is C23H17IN2O5. The second-order valence-electron chi connectivity index (χ2n) is 6.77. The minimum Gasteiger partial charge on any atom is -0.489 e. The van der Waals surface area contributed by atoms with Gasteiger partial charge in [0.15, 0.2) is 0 Å². The van der Waals surface area contributed by atoms with Crippen LogP contribution >= 0.6 is 22.6 Å². The number of nitrogens with zero attached hydrogens (tertiary/aromatic N) is 1. The van der Waals surface area contributed by atoms with Gasteiger partial charge in [-0.15, -0.1) is 0 Å². The highest BCUT2D eigenvalue weighted by Crippen LogP contribution is 2.20. The Hall–Kier alpha value is -3.40. The molecule has 3 aromatic rings. The third kappa shape index (κ3) is 5.02. The van der Waals surface area contributed by atoms with Crippen molar-refractivity contribution in [3.8, 4) is 5.75 Å². The number of hydrogen-bond donors (Lipinski definition) is 1. The van der Waals surface area contributed by atoms with Gasteiger partial charge in [0.2, 0.25) is 0 Å². The molecule has 31 heavy (non-hydrogen) atoms. The van der Waals surface area contributed by atoms with Crippen LogP contribution in [-0.4, -0.2) is 22.7 Å². The number of carbonyl (C=O) groups is 3. The van der Waals surface area contributed by atoms with Crippen LogP contribution in [0.15, 0.2) is 76.9 Å². The zero-order valence-electron chi connectivity index (χ0n) is 16.2. The van der Waals surface area contributed by atoms with E-state index < -0.39 is 17.8 Å². The number of ether oxygens (including phenoxy) is 1. The highest BCUT2D eigenvalue weighted by atomic mass is 127. The van der Waals surface area contributed by atoms with Crippen LogP contribution in [0.25, 0.3) is 6.08 Å². The number of benzene rings is 2. The Morgan fingerprint density at radius 1 is 1.00 bits per heavy atom. The topological polar surface area (TPSA) is 88.9 Å². The molecular weight excluding hydrogens is 511 g/mol. The molecule has 2 heterocycles. The number of hydrogen-bond acceptors (Lipinski definition) is 5. The van der Waals surface area contributed by atoms with Crippen molar-refractivity contribution < 1.29 is 23.5 Å². The lowest BCUT2D eigenvalue weighted by atomic mass is 10.1. The largest absolute Gasteiger partial charge is 0.489 e. The first-order valence-electron chi connectivity index (χ1n) is 9.38. The average molecular weight is 528 g/mol. The maximum absolute atomic E-state index is 12.7. The summed E-state index contributed by atoms with van der Waals surface area (Å²) in [6.45, 7) is 0.371. The molecule has 0 saturated carbocycles. The standard InChI is InChI=1S/C23H17IN2O5/c24-17-7-3-16(4-8-17)14-31-18-9-5-15(6-10-18)12-20-21(27)25-23(29)26(22(20)28)13-19-2-1-11-30-19/h1-12H,13-14H2,(H,25,27,29)/b20-12+. The van der Waals surface area contributed by atoms with Crippen LogP contribution in [-0.2, 0) is 22.7 Å². The molecule has 0 spiro atoms. The lowest BCUT2D eigenvalue weighted by Crippen LogP contribution is -2.53. The third-order valence-electron chi connectivity index (χ3n) is 4.59. The second-order valence-corrected chi connectivity index (χ2v) is 8.02. The summed E-state index contributed by atoms with van der Waals surface area (Å²) in [6, 6.07) is 17.6. The Morgan fingerprint density at radius 2 is 1.74 bits per heavy atom. The lowest BCUT2D eigenvalue weighted by molar-refractivity contribution is -0.130. The van der Waals surface area contributed by atoms with Crippen molar-refractivity contribution >= 4 is 46.5 Å². The van der Waals surface area contributed by atoms with E-state index in [4.69, 9.17) is 9.15 Å². The number of halogens is 1. The zero-order valence-corrected chi connectivity index (χ0v) is 18.4. The summed E-state index contributed by atoms with van der Waals surface area (Å²) < 4.78 is 12.1. The number of urea groups is 1. The number of rotatable bonds is 6. The van der Waals surface area contributed by atoms with Crippen LogP contribution in [0.5, 0.6) is 5.75 Å². The van der Waals surface area contributed by atoms with Crippen molar-refractivity contribution in [3.63, 3.8) is 0 Å². The molecule has 1 fully saturated rings. The first-order chi connectivity index (χ1) is 15.0. The van der Waals surface area contributed by atoms with Crippen LogP contribution in [0, 0.1) is 3.57 Å². The third-order valence-corrected chi connectivity index (χ3v) is 5.31. The number of carbonyl (C=O) groups excluding carboxylic acids is 3. The number of imide groups is 2. The summed E-state index contributed by atoms with van der Waals surface area (Å²) >= 11 is 2.25. The van der Waals surface area contributed by atoms with Gasteiger partial charge in [0.25, 0.3) is 11.8 Å². The zero-order chi connectivity index (χ0) is 21.8. The van der Waals surface area contributed by atoms with Crippen molar-refractivity contribution in [1.29, 1.82) is 0 Å². The van der Waals surface area contributed by atoms with E-state index in [9.17, 15) is 14.4 Å². The second kappa shape index (κ2) is 9.17. The van der Waals surface area contributed by atoms with Crippen LogP contribution in [0.2, 0.25) is 0 Å². The fourth-order valence-electron chi connectivity index (χ4n) is 2.97. The highest BCUT2D eigenvalue weighted by Gasteiger charge is 2.36. The fraction of sp³-hybridized carbons (Fsp3) is 0.0870. The Balaban J connectivity index is 1.46. The molecule has 1 aliphatic heterocycles. The predicted molar refractivity (Wildman–Crippen MR) is 121 cm³/mol. The van der Waals surface area contributed by atoms with Gasteiger partial charge in [-0.2, -0.15) is 0 Å². The molecule has 0 radical (unpaired) electrons. The number of furan rings is 1. The van der Waals surface area contributed by atoms with Gasteiger partial charge in [0.05, 0.1) is 12.8 Å². The number of barbiturate groups is 1. The fourth-order valence-corrected chi connectivity index (χ4v) is 3.33.